The van der Waals surface area contributed by atoms with Gasteiger partial charge in [0.2, 0.25) is 5.91 Å². The first-order valence-corrected chi connectivity index (χ1v) is 10.8. The number of thiophene rings is 1. The van der Waals surface area contributed by atoms with Gasteiger partial charge in [-0.1, -0.05) is 37.3 Å². The highest BCUT2D eigenvalue weighted by Gasteiger charge is 2.16. The van der Waals surface area contributed by atoms with E-state index in [1.165, 1.54) is 10.2 Å². The Kier molecular flexibility index (Phi) is 5.49. The maximum Gasteiger partial charge on any atom is 0.291 e. The summed E-state index contributed by atoms with van der Waals surface area (Å²) in [5.41, 5.74) is 2.58. The quantitative estimate of drug-likeness (QED) is 0.510. The molecular weight excluding hydrogens is 384 g/mol. The minimum atomic E-state index is -0.238. The molecule has 1 amide bonds. The molecular formula is C22H24N4O2S. The fraction of sp³-hybridized carbons (Fsp3) is 0.318. The minimum Gasteiger partial charge on any atom is -0.352 e. The maximum absolute atomic E-state index is 12.9. The number of benzene rings is 1. The summed E-state index contributed by atoms with van der Waals surface area (Å²) < 4.78 is 4.25. The van der Waals surface area contributed by atoms with E-state index in [9.17, 15) is 9.59 Å². The molecule has 0 aliphatic heterocycles. The van der Waals surface area contributed by atoms with E-state index in [-0.39, 0.29) is 24.1 Å². The molecule has 0 radical (unpaired) electrons. The molecule has 1 aromatic carbocycles. The SMILES string of the molecule is CCc1nn(CC(=O)NC(C)CCc2ccccc2)c(=O)c2cc3sccc3n12. The van der Waals surface area contributed by atoms with E-state index in [0.717, 1.165) is 28.9 Å². The van der Waals surface area contributed by atoms with Crippen LogP contribution in [0.15, 0.2) is 52.6 Å². The summed E-state index contributed by atoms with van der Waals surface area (Å²) in [5, 5.41) is 9.47. The molecule has 0 aliphatic carbocycles. The molecule has 6 nitrogen and oxygen atoms in total. The summed E-state index contributed by atoms with van der Waals surface area (Å²) in [6.45, 7) is 3.91. The van der Waals surface area contributed by atoms with E-state index < -0.39 is 0 Å². The monoisotopic (exact) mass is 408 g/mol. The van der Waals surface area contributed by atoms with Crippen molar-refractivity contribution >= 4 is 33.0 Å². The molecule has 0 saturated carbocycles. The van der Waals surface area contributed by atoms with Gasteiger partial charge in [-0.2, -0.15) is 5.10 Å². The van der Waals surface area contributed by atoms with Crippen LogP contribution in [-0.4, -0.2) is 26.1 Å². The van der Waals surface area contributed by atoms with Gasteiger partial charge in [-0.3, -0.25) is 14.0 Å². The van der Waals surface area contributed by atoms with E-state index in [0.29, 0.717) is 11.9 Å². The summed E-state index contributed by atoms with van der Waals surface area (Å²) in [5.74, 6) is 0.581. The number of hydrogen-bond acceptors (Lipinski definition) is 4. The smallest absolute Gasteiger partial charge is 0.291 e. The van der Waals surface area contributed by atoms with Gasteiger partial charge in [-0.15, -0.1) is 11.3 Å². The van der Waals surface area contributed by atoms with Crippen molar-refractivity contribution in [3.8, 4) is 0 Å². The molecule has 1 atom stereocenters. The van der Waals surface area contributed by atoms with Gasteiger partial charge in [0.15, 0.2) is 0 Å². The predicted molar refractivity (Wildman–Crippen MR) is 117 cm³/mol. The van der Waals surface area contributed by atoms with E-state index in [2.05, 4.69) is 22.5 Å². The number of carbonyl (C=O) groups is 1. The van der Waals surface area contributed by atoms with Crippen LogP contribution in [0.3, 0.4) is 0 Å². The summed E-state index contributed by atoms with van der Waals surface area (Å²) in [4.78, 5) is 25.4. The zero-order chi connectivity index (χ0) is 20.4. The van der Waals surface area contributed by atoms with Gasteiger partial charge in [0.1, 0.15) is 17.9 Å². The zero-order valence-electron chi connectivity index (χ0n) is 16.6. The number of fused-ring (bicyclic) bond motifs is 3. The molecule has 3 aromatic heterocycles. The van der Waals surface area contributed by atoms with Crippen molar-refractivity contribution in [2.75, 3.05) is 0 Å². The maximum atomic E-state index is 12.9. The Hall–Kier alpha value is -2.93. The number of amides is 1. The summed E-state index contributed by atoms with van der Waals surface area (Å²) >= 11 is 1.60. The number of aromatic nitrogens is 3. The summed E-state index contributed by atoms with van der Waals surface area (Å²) in [7, 11) is 0. The molecule has 7 heteroatoms. The van der Waals surface area contributed by atoms with Gasteiger partial charge in [0, 0.05) is 12.5 Å². The topological polar surface area (TPSA) is 68.4 Å². The Labute approximate surface area is 172 Å². The number of nitrogens with one attached hydrogen (secondary N) is 1. The van der Waals surface area contributed by atoms with Crippen LogP contribution in [-0.2, 0) is 24.2 Å². The molecule has 29 heavy (non-hydrogen) atoms. The average Bonchev–Trinajstić information content (AvgIpc) is 3.31. The van der Waals surface area contributed by atoms with Gasteiger partial charge >= 0.3 is 0 Å². The van der Waals surface area contributed by atoms with Crippen molar-refractivity contribution < 1.29 is 4.79 Å². The zero-order valence-corrected chi connectivity index (χ0v) is 17.4. The van der Waals surface area contributed by atoms with Crippen LogP contribution in [0, 0.1) is 0 Å². The largest absolute Gasteiger partial charge is 0.352 e. The molecule has 0 bridgehead atoms. The van der Waals surface area contributed by atoms with Crippen LogP contribution >= 0.6 is 11.3 Å². The number of hydrogen-bond donors (Lipinski definition) is 1. The van der Waals surface area contributed by atoms with Crippen LogP contribution < -0.4 is 10.9 Å². The van der Waals surface area contributed by atoms with Gasteiger partial charge in [-0.25, -0.2) is 4.68 Å². The molecule has 150 valence electrons. The first-order valence-electron chi connectivity index (χ1n) is 9.88. The van der Waals surface area contributed by atoms with E-state index in [1.54, 1.807) is 11.3 Å². The Balaban J connectivity index is 1.49. The Morgan fingerprint density at radius 1 is 1.21 bits per heavy atom. The molecule has 4 aromatic rings. The van der Waals surface area contributed by atoms with Gasteiger partial charge in [-0.05, 0) is 42.8 Å². The number of rotatable bonds is 7. The van der Waals surface area contributed by atoms with E-state index in [1.807, 2.05) is 54.0 Å². The fourth-order valence-corrected chi connectivity index (χ4v) is 4.42. The van der Waals surface area contributed by atoms with Crippen molar-refractivity contribution in [3.05, 3.63) is 69.6 Å². The Morgan fingerprint density at radius 3 is 2.76 bits per heavy atom. The number of nitrogens with zero attached hydrogens (tertiary/aromatic N) is 3. The van der Waals surface area contributed by atoms with Crippen molar-refractivity contribution in [3.63, 3.8) is 0 Å². The highest BCUT2D eigenvalue weighted by molar-refractivity contribution is 7.17. The van der Waals surface area contributed by atoms with Crippen LogP contribution in [0.25, 0.3) is 15.7 Å². The van der Waals surface area contributed by atoms with E-state index >= 15 is 0 Å². The molecule has 0 aliphatic rings. The van der Waals surface area contributed by atoms with Crippen LogP contribution in [0.5, 0.6) is 0 Å². The highest BCUT2D eigenvalue weighted by Crippen LogP contribution is 2.24. The standard InChI is InChI=1S/C22H24N4O2S/c1-3-20-24-25(22(28)18-13-19-17(26(18)20)11-12-29-19)14-21(27)23-15(2)9-10-16-7-5-4-6-8-16/h4-8,11-13,15H,3,9-10,14H2,1-2H3,(H,23,27). The normalized spacial score (nSPS) is 12.5. The number of aryl methyl sites for hydroxylation is 2. The third-order valence-corrected chi connectivity index (χ3v) is 5.95. The highest BCUT2D eigenvalue weighted by atomic mass is 32.1. The fourth-order valence-electron chi connectivity index (χ4n) is 3.62. The van der Waals surface area contributed by atoms with Crippen molar-refractivity contribution in [1.29, 1.82) is 0 Å². The molecule has 0 saturated heterocycles. The van der Waals surface area contributed by atoms with Crippen molar-refractivity contribution in [2.24, 2.45) is 0 Å². The van der Waals surface area contributed by atoms with Gasteiger partial charge in [0.05, 0.1) is 10.2 Å². The summed E-state index contributed by atoms with van der Waals surface area (Å²) in [6.07, 6.45) is 2.41. The average molecular weight is 409 g/mol. The molecule has 0 spiro atoms. The number of carbonyl (C=O) groups excluding carboxylic acids is 1. The molecule has 1 N–H and O–H groups in total. The third-order valence-electron chi connectivity index (χ3n) is 5.10. The molecule has 0 fully saturated rings. The molecule has 1 unspecified atom stereocenters. The second-order valence-electron chi connectivity index (χ2n) is 7.26. The first-order chi connectivity index (χ1) is 14.1. The molecule has 3 heterocycles. The van der Waals surface area contributed by atoms with E-state index in [4.69, 9.17) is 0 Å². The lowest BCUT2D eigenvalue weighted by Gasteiger charge is -2.15. The first kappa shape index (κ1) is 19.4. The van der Waals surface area contributed by atoms with Gasteiger partial charge < -0.3 is 5.32 Å². The lowest BCUT2D eigenvalue weighted by molar-refractivity contribution is -0.122. The second-order valence-corrected chi connectivity index (χ2v) is 8.21. The minimum absolute atomic E-state index is 0.0198. The predicted octanol–water partition coefficient (Wildman–Crippen LogP) is 3.41. The van der Waals surface area contributed by atoms with Crippen molar-refractivity contribution in [1.82, 2.24) is 19.5 Å². The Morgan fingerprint density at radius 2 is 2.00 bits per heavy atom. The lowest BCUT2D eigenvalue weighted by Crippen LogP contribution is -2.39. The second kappa shape index (κ2) is 8.21. The van der Waals surface area contributed by atoms with Crippen LogP contribution in [0.2, 0.25) is 0 Å². The summed E-state index contributed by atoms with van der Waals surface area (Å²) in [6, 6.07) is 14.1. The van der Waals surface area contributed by atoms with Crippen LogP contribution in [0.4, 0.5) is 0 Å². The van der Waals surface area contributed by atoms with Gasteiger partial charge in [0.25, 0.3) is 5.56 Å². The third kappa shape index (κ3) is 3.96. The van der Waals surface area contributed by atoms with Crippen molar-refractivity contribution in [2.45, 2.75) is 45.7 Å². The lowest BCUT2D eigenvalue weighted by atomic mass is 10.1. The van der Waals surface area contributed by atoms with Crippen LogP contribution in [0.1, 0.15) is 31.7 Å². The molecule has 4 rings (SSSR count). The Bertz CT molecular complexity index is 1210.